The highest BCUT2D eigenvalue weighted by molar-refractivity contribution is 9.10. The van der Waals surface area contributed by atoms with Crippen molar-refractivity contribution in [1.82, 2.24) is 0 Å². The van der Waals surface area contributed by atoms with Gasteiger partial charge in [0.25, 0.3) is 0 Å². The number of hydrogen-bond acceptors (Lipinski definition) is 2. The van der Waals surface area contributed by atoms with Gasteiger partial charge in [0.2, 0.25) is 5.91 Å². The van der Waals surface area contributed by atoms with E-state index in [2.05, 4.69) is 15.9 Å². The predicted molar refractivity (Wildman–Crippen MR) is 79.1 cm³/mol. The van der Waals surface area contributed by atoms with E-state index in [-0.39, 0.29) is 17.6 Å². The molecule has 1 heterocycles. The molecule has 0 aromatic heterocycles. The van der Waals surface area contributed by atoms with Crippen LogP contribution in [0.15, 0.2) is 28.7 Å². The number of halogens is 1. The third kappa shape index (κ3) is 3.06. The molecule has 0 aliphatic carbocycles. The normalized spacial score (nSPS) is 19.9. The number of Topliss-reactive ketones (excluding diaryl/α,β-unsaturated/α-hetero) is 1. The summed E-state index contributed by atoms with van der Waals surface area (Å²) in [5.74, 6) is -0.545. The third-order valence-electron chi connectivity index (χ3n) is 3.47. The molecule has 4 heteroatoms. The minimum atomic E-state index is -0.465. The molecule has 2 rings (SSSR count). The van der Waals surface area contributed by atoms with Crippen LogP contribution in [0, 0.1) is 11.8 Å². The van der Waals surface area contributed by atoms with Crippen molar-refractivity contribution in [3.8, 4) is 0 Å². The molecule has 1 aliphatic rings. The Hall–Kier alpha value is -1.16. The molecule has 102 valence electrons. The lowest BCUT2D eigenvalue weighted by molar-refractivity contribution is -0.135. The topological polar surface area (TPSA) is 37.4 Å². The van der Waals surface area contributed by atoms with Crippen molar-refractivity contribution < 1.29 is 9.59 Å². The summed E-state index contributed by atoms with van der Waals surface area (Å²) in [4.78, 5) is 26.3. The standard InChI is InChI=1S/C15H18BrNO2/c1-10(2)14(18)13-7-4-8-17(15(13)19)12-6-3-5-11(16)9-12/h3,5-6,9-10,13H,4,7-8H2,1-2H3/t13-/m0/s1. The van der Waals surface area contributed by atoms with Crippen LogP contribution in [0.3, 0.4) is 0 Å². The predicted octanol–water partition coefficient (Wildman–Crippen LogP) is 3.42. The summed E-state index contributed by atoms with van der Waals surface area (Å²) in [5, 5.41) is 0. The van der Waals surface area contributed by atoms with E-state index in [9.17, 15) is 9.59 Å². The Bertz CT molecular complexity index is 499. The molecule has 0 saturated carbocycles. The second-order valence-corrected chi connectivity index (χ2v) is 6.14. The molecule has 0 N–H and O–H groups in total. The van der Waals surface area contributed by atoms with Crippen molar-refractivity contribution in [3.05, 3.63) is 28.7 Å². The Kier molecular flexibility index (Phi) is 4.40. The molecule has 1 saturated heterocycles. The summed E-state index contributed by atoms with van der Waals surface area (Å²) in [6, 6.07) is 7.65. The monoisotopic (exact) mass is 323 g/mol. The number of piperidine rings is 1. The van der Waals surface area contributed by atoms with Crippen molar-refractivity contribution in [2.24, 2.45) is 11.8 Å². The lowest BCUT2D eigenvalue weighted by Crippen LogP contribution is -2.45. The second kappa shape index (κ2) is 5.87. The van der Waals surface area contributed by atoms with Crippen LogP contribution in [0.5, 0.6) is 0 Å². The van der Waals surface area contributed by atoms with Crippen LogP contribution in [-0.4, -0.2) is 18.2 Å². The summed E-state index contributed by atoms with van der Waals surface area (Å²) >= 11 is 3.41. The van der Waals surface area contributed by atoms with Gasteiger partial charge in [-0.2, -0.15) is 0 Å². The number of nitrogens with zero attached hydrogens (tertiary/aromatic N) is 1. The number of carbonyl (C=O) groups excluding carboxylic acids is 2. The lowest BCUT2D eigenvalue weighted by atomic mass is 9.87. The lowest BCUT2D eigenvalue weighted by Gasteiger charge is -2.32. The molecular weight excluding hydrogens is 306 g/mol. The van der Waals surface area contributed by atoms with Crippen molar-refractivity contribution in [3.63, 3.8) is 0 Å². The van der Waals surface area contributed by atoms with Crippen LogP contribution in [0.4, 0.5) is 5.69 Å². The summed E-state index contributed by atoms with van der Waals surface area (Å²) < 4.78 is 0.940. The van der Waals surface area contributed by atoms with Gasteiger partial charge < -0.3 is 4.90 Å². The molecule has 1 aliphatic heterocycles. The maximum Gasteiger partial charge on any atom is 0.237 e. The van der Waals surface area contributed by atoms with E-state index in [1.54, 1.807) is 4.90 Å². The second-order valence-electron chi connectivity index (χ2n) is 5.22. The number of rotatable bonds is 3. The quantitative estimate of drug-likeness (QED) is 0.799. The molecular formula is C15H18BrNO2. The average Bonchev–Trinajstić information content (AvgIpc) is 2.38. The van der Waals surface area contributed by atoms with Gasteiger partial charge in [-0.05, 0) is 31.0 Å². The van der Waals surface area contributed by atoms with Crippen LogP contribution in [0.2, 0.25) is 0 Å². The van der Waals surface area contributed by atoms with Gasteiger partial charge in [0.1, 0.15) is 5.78 Å². The first kappa shape index (κ1) is 14.3. The molecule has 19 heavy (non-hydrogen) atoms. The first-order valence-electron chi connectivity index (χ1n) is 6.61. The van der Waals surface area contributed by atoms with Crippen molar-refractivity contribution >= 4 is 33.3 Å². The fourth-order valence-corrected chi connectivity index (χ4v) is 2.83. The zero-order valence-corrected chi connectivity index (χ0v) is 12.8. The van der Waals surface area contributed by atoms with Crippen LogP contribution in [0.1, 0.15) is 26.7 Å². The number of carbonyl (C=O) groups is 2. The Morgan fingerprint density at radius 2 is 2.16 bits per heavy atom. The summed E-state index contributed by atoms with van der Waals surface area (Å²) in [6.07, 6.45) is 1.56. The van der Waals surface area contributed by atoms with Crippen LogP contribution < -0.4 is 4.90 Å². The first-order valence-corrected chi connectivity index (χ1v) is 7.40. The van der Waals surface area contributed by atoms with Gasteiger partial charge in [-0.25, -0.2) is 0 Å². The van der Waals surface area contributed by atoms with Gasteiger partial charge in [0.15, 0.2) is 0 Å². The molecule has 3 nitrogen and oxygen atoms in total. The largest absolute Gasteiger partial charge is 0.312 e. The highest BCUT2D eigenvalue weighted by atomic mass is 79.9. The Labute approximate surface area is 122 Å². The number of benzene rings is 1. The van der Waals surface area contributed by atoms with E-state index in [4.69, 9.17) is 0 Å². The summed E-state index contributed by atoms with van der Waals surface area (Å²) in [6.45, 7) is 4.40. The van der Waals surface area contributed by atoms with Crippen molar-refractivity contribution in [2.75, 3.05) is 11.4 Å². The highest BCUT2D eigenvalue weighted by Crippen LogP contribution is 2.28. The molecule has 0 spiro atoms. The molecule has 0 bridgehead atoms. The van der Waals surface area contributed by atoms with Gasteiger partial charge >= 0.3 is 0 Å². The molecule has 1 atom stereocenters. The summed E-state index contributed by atoms with van der Waals surface area (Å²) in [7, 11) is 0. The van der Waals surface area contributed by atoms with Gasteiger partial charge in [-0.1, -0.05) is 35.8 Å². The SMILES string of the molecule is CC(C)C(=O)[C@@H]1CCCN(c2cccc(Br)c2)C1=O. The minimum absolute atomic E-state index is 0.0527. The molecule has 1 fully saturated rings. The van der Waals surface area contributed by atoms with Gasteiger partial charge in [-0.15, -0.1) is 0 Å². The van der Waals surface area contributed by atoms with E-state index in [1.807, 2.05) is 38.1 Å². The molecule has 1 aromatic rings. The third-order valence-corrected chi connectivity index (χ3v) is 3.96. The maximum absolute atomic E-state index is 12.5. The zero-order chi connectivity index (χ0) is 14.0. The Morgan fingerprint density at radius 1 is 1.42 bits per heavy atom. The summed E-state index contributed by atoms with van der Waals surface area (Å²) in [5.41, 5.74) is 0.862. The number of ketones is 1. The zero-order valence-electron chi connectivity index (χ0n) is 11.2. The van der Waals surface area contributed by atoms with Crippen LogP contribution in [0.25, 0.3) is 0 Å². The van der Waals surface area contributed by atoms with E-state index >= 15 is 0 Å². The highest BCUT2D eigenvalue weighted by Gasteiger charge is 2.35. The van der Waals surface area contributed by atoms with Crippen LogP contribution >= 0.6 is 15.9 Å². The fraction of sp³-hybridized carbons (Fsp3) is 0.467. The molecule has 1 aromatic carbocycles. The van der Waals surface area contributed by atoms with Gasteiger partial charge in [0, 0.05) is 22.6 Å². The van der Waals surface area contributed by atoms with Crippen LogP contribution in [-0.2, 0) is 9.59 Å². The van der Waals surface area contributed by atoms with E-state index < -0.39 is 5.92 Å². The van der Waals surface area contributed by atoms with E-state index in [1.165, 1.54) is 0 Å². The van der Waals surface area contributed by atoms with Crippen molar-refractivity contribution in [2.45, 2.75) is 26.7 Å². The fourth-order valence-electron chi connectivity index (χ4n) is 2.44. The van der Waals surface area contributed by atoms with Crippen molar-refractivity contribution in [1.29, 1.82) is 0 Å². The van der Waals surface area contributed by atoms with E-state index in [0.717, 1.165) is 16.6 Å². The first-order chi connectivity index (χ1) is 9.00. The van der Waals surface area contributed by atoms with Gasteiger partial charge in [-0.3, -0.25) is 9.59 Å². The molecule has 1 amide bonds. The van der Waals surface area contributed by atoms with Gasteiger partial charge in [0.05, 0.1) is 5.92 Å². The Morgan fingerprint density at radius 3 is 2.79 bits per heavy atom. The maximum atomic E-state index is 12.5. The average molecular weight is 324 g/mol. The minimum Gasteiger partial charge on any atom is -0.312 e. The number of amides is 1. The molecule has 0 radical (unpaired) electrons. The van der Waals surface area contributed by atoms with E-state index in [0.29, 0.717) is 13.0 Å². The number of hydrogen-bond donors (Lipinski definition) is 0. The molecule has 0 unspecified atom stereocenters. The number of anilines is 1. The smallest absolute Gasteiger partial charge is 0.237 e. The Balaban J connectivity index is 2.23.